The second kappa shape index (κ2) is 9.81. The van der Waals surface area contributed by atoms with Crippen LogP contribution >= 0.6 is 11.3 Å². The molecule has 0 saturated carbocycles. The number of likely N-dealkylation sites (tertiary alicyclic amines) is 2. The minimum atomic E-state index is -0.994. The number of piperidine rings is 1. The maximum atomic E-state index is 12.8. The first-order valence-electron chi connectivity index (χ1n) is 10.7. The van der Waals surface area contributed by atoms with Crippen LogP contribution in [0.3, 0.4) is 0 Å². The average molecular weight is 464 g/mol. The van der Waals surface area contributed by atoms with Crippen LogP contribution in [0.1, 0.15) is 58.9 Å². The van der Waals surface area contributed by atoms with E-state index < -0.39 is 17.9 Å². The van der Waals surface area contributed by atoms with Gasteiger partial charge in [-0.3, -0.25) is 19.2 Å². The highest BCUT2D eigenvalue weighted by atomic mass is 32.1. The summed E-state index contributed by atoms with van der Waals surface area (Å²) >= 11 is 1.22. The van der Waals surface area contributed by atoms with E-state index in [0.29, 0.717) is 35.9 Å². The monoisotopic (exact) mass is 463 g/mol. The number of ketones is 1. The van der Waals surface area contributed by atoms with E-state index in [1.807, 2.05) is 4.90 Å². The normalized spacial score (nSPS) is 18.3. The molecule has 3 amide bonds. The van der Waals surface area contributed by atoms with Gasteiger partial charge in [-0.05, 0) is 43.7 Å². The summed E-state index contributed by atoms with van der Waals surface area (Å²) in [5, 5.41) is 2.47. The minimum absolute atomic E-state index is 0.0405. The summed E-state index contributed by atoms with van der Waals surface area (Å²) in [4.78, 5) is 65.0. The number of ether oxygens (including phenoxy) is 1. The summed E-state index contributed by atoms with van der Waals surface area (Å²) < 4.78 is 4.69. The van der Waals surface area contributed by atoms with Gasteiger partial charge in [0.25, 0.3) is 5.91 Å². The molecule has 0 bridgehead atoms. The lowest BCUT2D eigenvalue weighted by molar-refractivity contribution is -0.147. The van der Waals surface area contributed by atoms with Gasteiger partial charge in [0, 0.05) is 33.1 Å². The molecule has 1 unspecified atom stereocenters. The Labute approximate surface area is 191 Å². The van der Waals surface area contributed by atoms with Crippen molar-refractivity contribution in [3.8, 4) is 0 Å². The van der Waals surface area contributed by atoms with Gasteiger partial charge in [0.1, 0.15) is 6.04 Å². The van der Waals surface area contributed by atoms with Crippen LogP contribution in [-0.4, -0.2) is 78.6 Å². The molecule has 1 aromatic rings. The van der Waals surface area contributed by atoms with Crippen molar-refractivity contribution in [2.75, 3.05) is 33.3 Å². The minimum Gasteiger partial charge on any atom is -0.467 e. The van der Waals surface area contributed by atoms with Gasteiger partial charge >= 0.3 is 5.97 Å². The topological polar surface area (TPSA) is 113 Å². The molecule has 0 aliphatic carbocycles. The number of thiophene rings is 1. The smallest absolute Gasteiger partial charge is 0.328 e. The van der Waals surface area contributed by atoms with Gasteiger partial charge in [0.15, 0.2) is 5.78 Å². The molecule has 32 heavy (non-hydrogen) atoms. The predicted molar refractivity (Wildman–Crippen MR) is 117 cm³/mol. The Kier molecular flexibility index (Phi) is 7.33. The van der Waals surface area contributed by atoms with E-state index in [-0.39, 0.29) is 29.4 Å². The van der Waals surface area contributed by atoms with Crippen LogP contribution in [0.25, 0.3) is 0 Å². The molecule has 2 saturated heterocycles. The van der Waals surface area contributed by atoms with Gasteiger partial charge in [-0.1, -0.05) is 0 Å². The van der Waals surface area contributed by atoms with Gasteiger partial charge in [-0.2, -0.15) is 0 Å². The Morgan fingerprint density at radius 2 is 1.62 bits per heavy atom. The molecule has 1 N–H and O–H groups in total. The molecule has 10 heteroatoms. The zero-order valence-corrected chi connectivity index (χ0v) is 19.5. The lowest BCUT2D eigenvalue weighted by Crippen LogP contribution is -2.46. The number of nitrogens with one attached hydrogen (secondary N) is 1. The highest BCUT2D eigenvalue weighted by molar-refractivity contribution is 7.15. The third-order valence-corrected chi connectivity index (χ3v) is 7.48. The van der Waals surface area contributed by atoms with E-state index in [0.717, 1.165) is 19.3 Å². The maximum Gasteiger partial charge on any atom is 0.328 e. The molecule has 0 radical (unpaired) electrons. The molecule has 3 heterocycles. The van der Waals surface area contributed by atoms with Crippen LogP contribution in [0, 0.1) is 5.41 Å². The van der Waals surface area contributed by atoms with Crippen molar-refractivity contribution in [2.45, 2.75) is 45.6 Å². The summed E-state index contributed by atoms with van der Waals surface area (Å²) in [6.45, 7) is 5.15. The number of Topliss-reactive ketones (excluding diaryl/α,β-unsaturated/α-hetero) is 1. The van der Waals surface area contributed by atoms with Gasteiger partial charge in [0.2, 0.25) is 11.8 Å². The first-order valence-corrected chi connectivity index (χ1v) is 11.5. The van der Waals surface area contributed by atoms with Crippen molar-refractivity contribution in [1.29, 1.82) is 0 Å². The zero-order chi connectivity index (χ0) is 23.5. The predicted octanol–water partition coefficient (Wildman–Crippen LogP) is 1.47. The molecule has 1 atom stereocenters. The average Bonchev–Trinajstić information content (AvgIpc) is 3.41. The van der Waals surface area contributed by atoms with Crippen LogP contribution in [0.5, 0.6) is 0 Å². The molecule has 1 aromatic heterocycles. The Bertz CT molecular complexity index is 919. The fourth-order valence-corrected chi connectivity index (χ4v) is 5.29. The number of carbonyl (C=O) groups excluding carboxylic acids is 5. The van der Waals surface area contributed by atoms with Gasteiger partial charge in [-0.15, -0.1) is 11.3 Å². The lowest BCUT2D eigenvalue weighted by atomic mass is 9.77. The lowest BCUT2D eigenvalue weighted by Gasteiger charge is -2.39. The fraction of sp³-hybridized carbons (Fsp3) is 0.591. The quantitative estimate of drug-likeness (QED) is 0.505. The summed E-state index contributed by atoms with van der Waals surface area (Å²) in [7, 11) is 1.22. The first-order chi connectivity index (χ1) is 15.1. The molecular weight excluding hydrogens is 434 g/mol. The SMILES string of the molecule is COC(=O)C(CC(=O)N1CCC2(CCN(C(=O)c3ccc(C(C)=O)s3)CC2)C1)NC(C)=O. The van der Waals surface area contributed by atoms with Crippen LogP contribution in [0.15, 0.2) is 12.1 Å². The number of rotatable bonds is 6. The highest BCUT2D eigenvalue weighted by Gasteiger charge is 2.43. The number of hydrogen-bond donors (Lipinski definition) is 1. The van der Waals surface area contributed by atoms with Crippen LogP contribution in [0.4, 0.5) is 0 Å². The van der Waals surface area contributed by atoms with Gasteiger partial charge in [0.05, 0.1) is 23.3 Å². The summed E-state index contributed by atoms with van der Waals surface area (Å²) in [5.41, 5.74) is -0.0405. The summed E-state index contributed by atoms with van der Waals surface area (Å²) in [6.07, 6.45) is 2.29. The van der Waals surface area contributed by atoms with Crippen molar-refractivity contribution in [3.63, 3.8) is 0 Å². The van der Waals surface area contributed by atoms with Crippen molar-refractivity contribution in [1.82, 2.24) is 15.1 Å². The first kappa shape index (κ1) is 23.9. The number of esters is 1. The number of nitrogens with zero attached hydrogens (tertiary/aromatic N) is 2. The standard InChI is InChI=1S/C22H29N3O6S/c1-14(26)17-4-5-18(32-17)20(29)24-9-6-22(7-10-24)8-11-25(13-22)19(28)12-16(21(30)31-3)23-15(2)27/h4-5,16H,6-13H2,1-3H3,(H,23,27). The van der Waals surface area contributed by atoms with Crippen LogP contribution in [0.2, 0.25) is 0 Å². The molecule has 2 aliphatic heterocycles. The van der Waals surface area contributed by atoms with E-state index in [1.165, 1.54) is 32.3 Å². The second-order valence-electron chi connectivity index (χ2n) is 8.56. The van der Waals surface area contributed by atoms with Crippen LogP contribution in [-0.2, 0) is 19.1 Å². The Morgan fingerprint density at radius 1 is 1.03 bits per heavy atom. The number of amides is 3. The van der Waals surface area contributed by atoms with Gasteiger partial charge in [-0.25, -0.2) is 4.79 Å². The molecular formula is C22H29N3O6S. The molecule has 2 aliphatic rings. The largest absolute Gasteiger partial charge is 0.467 e. The molecule has 9 nitrogen and oxygen atoms in total. The molecule has 1 spiro atoms. The van der Waals surface area contributed by atoms with E-state index in [4.69, 9.17) is 4.74 Å². The highest BCUT2D eigenvalue weighted by Crippen LogP contribution is 2.41. The van der Waals surface area contributed by atoms with Crippen molar-refractivity contribution in [2.24, 2.45) is 5.41 Å². The molecule has 3 rings (SSSR count). The van der Waals surface area contributed by atoms with E-state index >= 15 is 0 Å². The third-order valence-electron chi connectivity index (χ3n) is 6.31. The van der Waals surface area contributed by atoms with E-state index in [2.05, 4.69) is 5.32 Å². The van der Waals surface area contributed by atoms with E-state index in [9.17, 15) is 24.0 Å². The molecule has 174 valence electrons. The Morgan fingerprint density at radius 3 is 2.16 bits per heavy atom. The summed E-state index contributed by atoms with van der Waals surface area (Å²) in [6, 6.07) is 2.40. The second-order valence-corrected chi connectivity index (χ2v) is 9.64. The van der Waals surface area contributed by atoms with Crippen molar-refractivity contribution < 1.29 is 28.7 Å². The molecule has 0 aromatic carbocycles. The fourth-order valence-electron chi connectivity index (χ4n) is 4.42. The van der Waals surface area contributed by atoms with E-state index in [1.54, 1.807) is 17.0 Å². The Balaban J connectivity index is 1.55. The van der Waals surface area contributed by atoms with Gasteiger partial charge < -0.3 is 19.9 Å². The van der Waals surface area contributed by atoms with Crippen LogP contribution < -0.4 is 5.32 Å². The maximum absolute atomic E-state index is 12.8. The van der Waals surface area contributed by atoms with Crippen molar-refractivity contribution >= 4 is 40.8 Å². The number of methoxy groups -OCH3 is 1. The number of hydrogen-bond acceptors (Lipinski definition) is 7. The molecule has 2 fully saturated rings. The third kappa shape index (κ3) is 5.35. The number of carbonyl (C=O) groups is 5. The summed E-state index contributed by atoms with van der Waals surface area (Å²) in [5.74, 6) is -1.34. The zero-order valence-electron chi connectivity index (χ0n) is 18.6. The van der Waals surface area contributed by atoms with Crippen molar-refractivity contribution in [3.05, 3.63) is 21.9 Å². The Hall–Kier alpha value is -2.75.